The Morgan fingerprint density at radius 2 is 1.60 bits per heavy atom. The maximum absolute atomic E-state index is 13.3. The monoisotopic (exact) mass is 366 g/mol. The lowest BCUT2D eigenvalue weighted by Crippen LogP contribution is -2.56. The standard InChI is InChI=1S/C17H18O7S/c1-11(18)23-14-9-10-15(24-12(2)19)25(21)17(14,16(20)22-3)13-7-5-4-6-8-13/h4-10,14-15H,1-3H3/t14-,15-,17-,25+/m0/s1. The summed E-state index contributed by atoms with van der Waals surface area (Å²) in [6.07, 6.45) is 1.56. The van der Waals surface area contributed by atoms with Gasteiger partial charge in [-0.25, -0.2) is 4.79 Å². The minimum absolute atomic E-state index is 0.327. The fraction of sp³-hybridized carbons (Fsp3) is 0.353. The lowest BCUT2D eigenvalue weighted by atomic mass is 9.91. The highest BCUT2D eigenvalue weighted by atomic mass is 32.2. The largest absolute Gasteiger partial charge is 0.468 e. The smallest absolute Gasteiger partial charge is 0.333 e. The normalized spacial score (nSPS) is 28.0. The molecule has 134 valence electrons. The maximum Gasteiger partial charge on any atom is 0.333 e. The van der Waals surface area contributed by atoms with E-state index in [4.69, 9.17) is 14.2 Å². The Bertz CT molecular complexity index is 728. The number of carbonyl (C=O) groups is 3. The van der Waals surface area contributed by atoms with Gasteiger partial charge in [0.25, 0.3) is 0 Å². The first-order valence-electron chi connectivity index (χ1n) is 7.41. The first-order chi connectivity index (χ1) is 11.8. The van der Waals surface area contributed by atoms with Crippen molar-refractivity contribution >= 4 is 28.7 Å². The molecule has 7 nitrogen and oxygen atoms in total. The lowest BCUT2D eigenvalue weighted by Gasteiger charge is -2.39. The van der Waals surface area contributed by atoms with Crippen LogP contribution in [-0.2, 0) is 44.1 Å². The summed E-state index contributed by atoms with van der Waals surface area (Å²) in [4.78, 5) is 35.6. The minimum Gasteiger partial charge on any atom is -0.468 e. The molecule has 0 fully saturated rings. The number of hydrogen-bond acceptors (Lipinski definition) is 7. The topological polar surface area (TPSA) is 96.0 Å². The van der Waals surface area contributed by atoms with Crippen LogP contribution in [0.4, 0.5) is 0 Å². The van der Waals surface area contributed by atoms with Crippen molar-refractivity contribution in [2.75, 3.05) is 7.11 Å². The number of hydrogen-bond donors (Lipinski definition) is 0. The van der Waals surface area contributed by atoms with Gasteiger partial charge in [-0.05, 0) is 17.7 Å². The Labute approximate surface area is 147 Å². The van der Waals surface area contributed by atoms with Gasteiger partial charge >= 0.3 is 17.9 Å². The van der Waals surface area contributed by atoms with Gasteiger partial charge in [0.05, 0.1) is 17.9 Å². The zero-order valence-electron chi connectivity index (χ0n) is 14.0. The van der Waals surface area contributed by atoms with E-state index in [0.29, 0.717) is 5.56 Å². The van der Waals surface area contributed by atoms with Gasteiger partial charge < -0.3 is 14.2 Å². The summed E-state index contributed by atoms with van der Waals surface area (Å²) in [5.41, 5.74) is -0.850. The third-order valence-electron chi connectivity index (χ3n) is 3.64. The molecule has 25 heavy (non-hydrogen) atoms. The number of methoxy groups -OCH3 is 1. The summed E-state index contributed by atoms with van der Waals surface area (Å²) in [5.74, 6) is -2.16. The number of ether oxygens (including phenoxy) is 3. The van der Waals surface area contributed by atoms with Gasteiger partial charge in [0.15, 0.2) is 11.5 Å². The quantitative estimate of drug-likeness (QED) is 0.449. The zero-order valence-corrected chi connectivity index (χ0v) is 14.8. The van der Waals surface area contributed by atoms with Crippen LogP contribution in [0.5, 0.6) is 0 Å². The molecule has 1 aromatic carbocycles. The summed E-state index contributed by atoms with van der Waals surface area (Å²) < 4.78 is 26.6. The van der Waals surface area contributed by atoms with Crippen molar-refractivity contribution in [3.05, 3.63) is 48.0 Å². The van der Waals surface area contributed by atoms with E-state index in [9.17, 15) is 18.6 Å². The molecule has 0 N–H and O–H groups in total. The highest BCUT2D eigenvalue weighted by Crippen LogP contribution is 2.41. The molecule has 0 saturated heterocycles. The molecule has 1 aliphatic heterocycles. The molecular formula is C17H18O7S. The van der Waals surface area contributed by atoms with Crippen molar-refractivity contribution in [1.29, 1.82) is 0 Å². The fourth-order valence-corrected chi connectivity index (χ4v) is 4.47. The van der Waals surface area contributed by atoms with Crippen LogP contribution < -0.4 is 0 Å². The highest BCUT2D eigenvalue weighted by molar-refractivity contribution is 7.87. The molecule has 0 unspecified atom stereocenters. The lowest BCUT2D eigenvalue weighted by molar-refractivity contribution is -0.155. The Kier molecular flexibility index (Phi) is 5.73. The van der Waals surface area contributed by atoms with E-state index in [2.05, 4.69) is 0 Å². The zero-order chi connectivity index (χ0) is 18.6. The van der Waals surface area contributed by atoms with Crippen molar-refractivity contribution in [2.45, 2.75) is 30.1 Å². The first kappa shape index (κ1) is 18.9. The highest BCUT2D eigenvalue weighted by Gasteiger charge is 2.59. The van der Waals surface area contributed by atoms with Crippen molar-refractivity contribution in [3.63, 3.8) is 0 Å². The maximum atomic E-state index is 13.3. The molecular weight excluding hydrogens is 348 g/mol. The van der Waals surface area contributed by atoms with Crippen LogP contribution in [0.25, 0.3) is 0 Å². The molecule has 0 radical (unpaired) electrons. The molecule has 0 saturated carbocycles. The molecule has 0 aromatic heterocycles. The van der Waals surface area contributed by atoms with Crippen LogP contribution in [0.15, 0.2) is 42.5 Å². The van der Waals surface area contributed by atoms with Gasteiger partial charge in [-0.3, -0.25) is 13.8 Å². The van der Waals surface area contributed by atoms with E-state index in [0.717, 1.165) is 7.11 Å². The molecule has 1 aliphatic rings. The molecule has 4 atom stereocenters. The molecule has 0 bridgehead atoms. The average molecular weight is 366 g/mol. The van der Waals surface area contributed by atoms with Gasteiger partial charge in [0.1, 0.15) is 0 Å². The fourth-order valence-electron chi connectivity index (χ4n) is 2.68. The predicted molar refractivity (Wildman–Crippen MR) is 88.5 cm³/mol. The minimum atomic E-state index is -2.10. The molecule has 1 heterocycles. The van der Waals surface area contributed by atoms with Gasteiger partial charge in [-0.15, -0.1) is 0 Å². The van der Waals surface area contributed by atoms with Crippen LogP contribution in [0.1, 0.15) is 19.4 Å². The molecule has 0 aliphatic carbocycles. The Morgan fingerprint density at radius 1 is 1.00 bits per heavy atom. The van der Waals surface area contributed by atoms with E-state index in [-0.39, 0.29) is 0 Å². The van der Waals surface area contributed by atoms with Crippen LogP contribution >= 0.6 is 0 Å². The number of rotatable bonds is 4. The summed E-state index contributed by atoms with van der Waals surface area (Å²) in [6, 6.07) is 8.19. The van der Waals surface area contributed by atoms with Gasteiger partial charge in [0, 0.05) is 13.8 Å². The third kappa shape index (κ3) is 3.48. The first-order valence-corrected chi connectivity index (χ1v) is 8.62. The Morgan fingerprint density at radius 3 is 2.12 bits per heavy atom. The predicted octanol–water partition coefficient (Wildman–Crippen LogP) is 1.19. The number of carbonyl (C=O) groups excluding carboxylic acids is 3. The average Bonchev–Trinajstić information content (AvgIpc) is 2.57. The van der Waals surface area contributed by atoms with E-state index in [1.165, 1.54) is 26.0 Å². The van der Waals surface area contributed by atoms with Crippen molar-refractivity contribution < 1.29 is 32.8 Å². The second kappa shape index (κ2) is 7.60. The summed E-state index contributed by atoms with van der Waals surface area (Å²) in [7, 11) is -0.957. The Hall–Kier alpha value is -2.48. The van der Waals surface area contributed by atoms with Crippen molar-refractivity contribution in [1.82, 2.24) is 0 Å². The molecule has 0 spiro atoms. The van der Waals surface area contributed by atoms with Crippen LogP contribution in [0.2, 0.25) is 0 Å². The van der Waals surface area contributed by atoms with E-state index in [1.807, 2.05) is 0 Å². The van der Waals surface area contributed by atoms with Crippen LogP contribution in [-0.4, -0.2) is 40.8 Å². The molecule has 8 heteroatoms. The second-order valence-electron chi connectivity index (χ2n) is 5.28. The SMILES string of the molecule is COC(=O)[C@]1(c2ccccc2)[C@@H](OC(C)=O)C=C[C@@H](OC(C)=O)[S@]1=O. The molecule has 0 amide bonds. The third-order valence-corrected chi connectivity index (χ3v) is 5.58. The summed E-state index contributed by atoms with van der Waals surface area (Å²) >= 11 is 0. The van der Waals surface area contributed by atoms with Crippen LogP contribution in [0, 0.1) is 0 Å². The summed E-state index contributed by atoms with van der Waals surface area (Å²) in [5, 5.41) is 0. The second-order valence-corrected chi connectivity index (χ2v) is 6.99. The van der Waals surface area contributed by atoms with Crippen molar-refractivity contribution in [3.8, 4) is 0 Å². The van der Waals surface area contributed by atoms with Gasteiger partial charge in [0.2, 0.25) is 4.75 Å². The Balaban J connectivity index is 2.69. The molecule has 1 aromatic rings. The number of esters is 3. The summed E-state index contributed by atoms with van der Waals surface area (Å²) in [6.45, 7) is 2.35. The number of benzene rings is 1. The van der Waals surface area contributed by atoms with E-state index in [1.54, 1.807) is 30.3 Å². The van der Waals surface area contributed by atoms with E-state index < -0.39 is 45.0 Å². The van der Waals surface area contributed by atoms with Crippen molar-refractivity contribution in [2.24, 2.45) is 0 Å². The molecule has 2 rings (SSSR count). The van der Waals surface area contributed by atoms with E-state index >= 15 is 0 Å². The van der Waals surface area contributed by atoms with Crippen LogP contribution in [0.3, 0.4) is 0 Å². The van der Waals surface area contributed by atoms with Gasteiger partial charge in [-0.2, -0.15) is 0 Å². The van der Waals surface area contributed by atoms with Gasteiger partial charge in [-0.1, -0.05) is 30.3 Å².